The Hall–Kier alpha value is -0.900. The number of benzene rings is 1. The van der Waals surface area contributed by atoms with Gasteiger partial charge in [-0.05, 0) is 45.4 Å². The zero-order valence-corrected chi connectivity index (χ0v) is 13.5. The molecule has 0 aliphatic carbocycles. The molecule has 2 heterocycles. The van der Waals surface area contributed by atoms with Crippen molar-refractivity contribution in [1.82, 2.24) is 9.80 Å². The van der Waals surface area contributed by atoms with Gasteiger partial charge in [0.15, 0.2) is 5.78 Å². The van der Waals surface area contributed by atoms with Gasteiger partial charge in [-0.25, -0.2) is 0 Å². The molecule has 114 valence electrons. The fraction of sp³-hybridized carbons (Fsp3) is 0.588. The Kier molecular flexibility index (Phi) is 4.34. The van der Waals surface area contributed by atoms with Gasteiger partial charge in [0.25, 0.3) is 0 Å². The van der Waals surface area contributed by atoms with Crippen LogP contribution in [-0.2, 0) is 0 Å². The summed E-state index contributed by atoms with van der Waals surface area (Å²) in [5, 5.41) is 0.628. The van der Waals surface area contributed by atoms with Crippen LogP contribution in [0.3, 0.4) is 0 Å². The predicted octanol–water partition coefficient (Wildman–Crippen LogP) is 3.08. The molecule has 2 saturated heterocycles. The van der Waals surface area contributed by atoms with Gasteiger partial charge in [0.1, 0.15) is 0 Å². The summed E-state index contributed by atoms with van der Waals surface area (Å²) in [6, 6.07) is 8.53. The van der Waals surface area contributed by atoms with Crippen molar-refractivity contribution in [2.24, 2.45) is 0 Å². The smallest absolute Gasteiger partial charge is 0.179 e. The Morgan fingerprint density at radius 3 is 2.81 bits per heavy atom. The third-order valence-corrected chi connectivity index (χ3v) is 5.45. The monoisotopic (exact) mass is 306 g/mol. The second-order valence-electron chi connectivity index (χ2n) is 6.38. The van der Waals surface area contributed by atoms with E-state index in [1.165, 1.54) is 19.3 Å². The van der Waals surface area contributed by atoms with E-state index < -0.39 is 0 Å². The molecule has 0 spiro atoms. The number of halogens is 1. The van der Waals surface area contributed by atoms with Gasteiger partial charge in [0.05, 0.1) is 6.04 Å². The van der Waals surface area contributed by atoms with E-state index in [4.69, 9.17) is 11.6 Å². The molecule has 3 unspecified atom stereocenters. The summed E-state index contributed by atoms with van der Waals surface area (Å²) >= 11 is 6.00. The maximum Gasteiger partial charge on any atom is 0.179 e. The molecule has 1 aromatic rings. The maximum absolute atomic E-state index is 12.7. The van der Waals surface area contributed by atoms with Gasteiger partial charge < -0.3 is 0 Å². The summed E-state index contributed by atoms with van der Waals surface area (Å²) in [7, 11) is 2.23. The van der Waals surface area contributed by atoms with E-state index in [0.717, 1.165) is 18.7 Å². The third-order valence-electron chi connectivity index (χ3n) is 5.22. The van der Waals surface area contributed by atoms with Crippen LogP contribution in [0, 0.1) is 0 Å². The highest BCUT2D eigenvalue weighted by atomic mass is 35.5. The second kappa shape index (κ2) is 6.07. The van der Waals surface area contributed by atoms with E-state index in [2.05, 4.69) is 16.8 Å². The third kappa shape index (κ3) is 3.01. The lowest BCUT2D eigenvalue weighted by atomic mass is 10.0. The van der Waals surface area contributed by atoms with Crippen molar-refractivity contribution in [2.75, 3.05) is 20.1 Å². The minimum atomic E-state index is -0.0729. The van der Waals surface area contributed by atoms with Crippen molar-refractivity contribution in [3.8, 4) is 0 Å². The lowest BCUT2D eigenvalue weighted by molar-refractivity contribution is 0.0824. The van der Waals surface area contributed by atoms with Crippen molar-refractivity contribution in [3.63, 3.8) is 0 Å². The highest BCUT2D eigenvalue weighted by molar-refractivity contribution is 6.31. The quantitative estimate of drug-likeness (QED) is 0.802. The lowest BCUT2D eigenvalue weighted by Gasteiger charge is -2.30. The minimum Gasteiger partial charge on any atom is -0.299 e. The molecule has 3 atom stereocenters. The number of likely N-dealkylation sites (tertiary alicyclic amines) is 1. The van der Waals surface area contributed by atoms with Gasteiger partial charge in [-0.15, -0.1) is 0 Å². The number of carbonyl (C=O) groups is 1. The highest BCUT2D eigenvalue weighted by Crippen LogP contribution is 2.29. The highest BCUT2D eigenvalue weighted by Gasteiger charge is 2.37. The molecule has 0 saturated carbocycles. The molecule has 2 bridgehead atoms. The van der Waals surface area contributed by atoms with E-state index >= 15 is 0 Å². The molecule has 21 heavy (non-hydrogen) atoms. The van der Waals surface area contributed by atoms with Crippen LogP contribution in [0.2, 0.25) is 5.02 Å². The number of fused-ring (bicyclic) bond motifs is 2. The van der Waals surface area contributed by atoms with Crippen molar-refractivity contribution < 1.29 is 4.79 Å². The summed E-state index contributed by atoms with van der Waals surface area (Å²) < 4.78 is 0. The first kappa shape index (κ1) is 15.0. The van der Waals surface area contributed by atoms with Crippen LogP contribution in [-0.4, -0.2) is 53.8 Å². The van der Waals surface area contributed by atoms with Crippen LogP contribution in [0.1, 0.15) is 36.5 Å². The maximum atomic E-state index is 12.7. The van der Waals surface area contributed by atoms with Crippen molar-refractivity contribution in [1.29, 1.82) is 0 Å². The fourth-order valence-corrected chi connectivity index (χ4v) is 3.93. The van der Waals surface area contributed by atoms with Crippen LogP contribution in [0.5, 0.6) is 0 Å². The van der Waals surface area contributed by atoms with Crippen LogP contribution >= 0.6 is 11.6 Å². The van der Waals surface area contributed by atoms with Gasteiger partial charge in [-0.2, -0.15) is 0 Å². The molecule has 0 N–H and O–H groups in total. The topological polar surface area (TPSA) is 23.6 Å². The van der Waals surface area contributed by atoms with Gasteiger partial charge in [0.2, 0.25) is 0 Å². The van der Waals surface area contributed by atoms with Crippen molar-refractivity contribution >= 4 is 17.4 Å². The number of carbonyl (C=O) groups excluding carboxylic acids is 1. The van der Waals surface area contributed by atoms with Crippen LogP contribution in [0.15, 0.2) is 24.3 Å². The van der Waals surface area contributed by atoms with Crippen LogP contribution in [0.4, 0.5) is 0 Å². The molecule has 4 heteroatoms. The second-order valence-corrected chi connectivity index (χ2v) is 6.82. The zero-order valence-electron chi connectivity index (χ0n) is 12.8. The Morgan fingerprint density at radius 1 is 1.29 bits per heavy atom. The summed E-state index contributed by atoms with van der Waals surface area (Å²) in [4.78, 5) is 17.5. The summed E-state index contributed by atoms with van der Waals surface area (Å²) in [5.74, 6) is 0.179. The first-order valence-corrected chi connectivity index (χ1v) is 8.20. The SMILES string of the molecule is CC(C(=O)c1cccc(Cl)c1)N1CCC2CCC(C1)N2C. The molecular weight excluding hydrogens is 284 g/mol. The number of hydrogen-bond donors (Lipinski definition) is 0. The number of ketones is 1. The van der Waals surface area contributed by atoms with E-state index in [9.17, 15) is 4.79 Å². The Morgan fingerprint density at radius 2 is 2.05 bits per heavy atom. The minimum absolute atomic E-state index is 0.0729. The fourth-order valence-electron chi connectivity index (χ4n) is 3.74. The molecule has 0 amide bonds. The predicted molar refractivity (Wildman–Crippen MR) is 86.0 cm³/mol. The molecule has 0 aromatic heterocycles. The zero-order chi connectivity index (χ0) is 15.0. The molecule has 1 aromatic carbocycles. The number of rotatable bonds is 3. The Labute approximate surface area is 131 Å². The summed E-state index contributed by atoms with van der Waals surface area (Å²) in [6.45, 7) is 4.04. The van der Waals surface area contributed by atoms with Crippen molar-refractivity contribution in [3.05, 3.63) is 34.9 Å². The molecule has 3 rings (SSSR count). The summed E-state index contributed by atoms with van der Waals surface area (Å²) in [6.07, 6.45) is 3.74. The Bertz CT molecular complexity index is 533. The average Bonchev–Trinajstić information content (AvgIpc) is 2.71. The largest absolute Gasteiger partial charge is 0.299 e. The molecule has 2 aliphatic heterocycles. The molecule has 2 aliphatic rings. The van der Waals surface area contributed by atoms with E-state index in [-0.39, 0.29) is 11.8 Å². The van der Waals surface area contributed by atoms with Gasteiger partial charge >= 0.3 is 0 Å². The number of likely N-dealkylation sites (N-methyl/N-ethyl adjacent to an activating group) is 1. The lowest BCUT2D eigenvalue weighted by Crippen LogP contribution is -2.44. The molecule has 0 radical (unpaired) electrons. The number of nitrogens with zero attached hydrogens (tertiary/aromatic N) is 2. The first-order valence-electron chi connectivity index (χ1n) is 7.82. The standard InChI is InChI=1S/C17H23ClN2O/c1-12(17(21)13-4-3-5-14(18)10-13)20-9-8-15-6-7-16(11-20)19(15)2/h3-5,10,12,15-16H,6-9,11H2,1-2H3. The molecular formula is C17H23ClN2O. The van der Waals surface area contributed by atoms with Gasteiger partial charge in [-0.1, -0.05) is 23.7 Å². The number of Topliss-reactive ketones (excluding diaryl/α,β-unsaturated/α-hetero) is 1. The van der Waals surface area contributed by atoms with Gasteiger partial charge in [0, 0.05) is 35.8 Å². The summed E-state index contributed by atoms with van der Waals surface area (Å²) in [5.41, 5.74) is 0.720. The van der Waals surface area contributed by atoms with Crippen LogP contribution < -0.4 is 0 Å². The van der Waals surface area contributed by atoms with Crippen LogP contribution in [0.25, 0.3) is 0 Å². The van der Waals surface area contributed by atoms with E-state index in [1.54, 1.807) is 6.07 Å². The first-order chi connectivity index (χ1) is 10.1. The number of hydrogen-bond acceptors (Lipinski definition) is 3. The van der Waals surface area contributed by atoms with Gasteiger partial charge in [-0.3, -0.25) is 14.6 Å². The molecule has 2 fully saturated rings. The van der Waals surface area contributed by atoms with Crippen molar-refractivity contribution in [2.45, 2.75) is 44.3 Å². The van der Waals surface area contributed by atoms with E-state index in [0.29, 0.717) is 17.1 Å². The Balaban J connectivity index is 1.73. The average molecular weight is 307 g/mol. The molecule has 3 nitrogen and oxygen atoms in total. The normalized spacial score (nSPS) is 28.3. The van der Waals surface area contributed by atoms with E-state index in [1.807, 2.05) is 25.1 Å².